The summed E-state index contributed by atoms with van der Waals surface area (Å²) in [6, 6.07) is 5.14. The number of carbonyl (C=O) groups is 1. The van der Waals surface area contributed by atoms with Gasteiger partial charge in [-0.15, -0.1) is 11.3 Å². The molecule has 0 aliphatic heterocycles. The molecule has 26 heavy (non-hydrogen) atoms. The number of rotatable bonds is 6. The maximum absolute atomic E-state index is 10.9. The Morgan fingerprint density at radius 2 is 2.23 bits per heavy atom. The van der Waals surface area contributed by atoms with Crippen LogP contribution >= 0.6 is 22.9 Å². The number of aliphatic carboxylic acids is 1. The van der Waals surface area contributed by atoms with Gasteiger partial charge in [0.2, 0.25) is 0 Å². The minimum atomic E-state index is -1.57. The summed E-state index contributed by atoms with van der Waals surface area (Å²) in [5.74, 6) is 0.650. The Morgan fingerprint density at radius 1 is 1.42 bits per heavy atom. The average molecular weight is 392 g/mol. The molecule has 0 amide bonds. The summed E-state index contributed by atoms with van der Waals surface area (Å²) in [6.07, 6.45) is 2.24. The maximum atomic E-state index is 10.9. The zero-order valence-corrected chi connectivity index (χ0v) is 14.9. The summed E-state index contributed by atoms with van der Waals surface area (Å²) < 4.78 is 0. The van der Waals surface area contributed by atoms with Crippen LogP contribution < -0.4 is 5.32 Å². The summed E-state index contributed by atoms with van der Waals surface area (Å²) >= 11 is 7.28. The molecule has 3 aromatic heterocycles. The van der Waals surface area contributed by atoms with E-state index in [-0.39, 0.29) is 0 Å². The molecular weight excluding hydrogens is 378 g/mol. The van der Waals surface area contributed by atoms with Crippen molar-refractivity contribution in [2.24, 2.45) is 0 Å². The highest BCUT2D eigenvalue weighted by Crippen LogP contribution is 2.40. The first-order valence-electron chi connectivity index (χ1n) is 7.87. The van der Waals surface area contributed by atoms with E-state index in [0.29, 0.717) is 38.2 Å². The van der Waals surface area contributed by atoms with Gasteiger partial charge in [-0.25, -0.2) is 14.8 Å². The molecule has 1 fully saturated rings. The van der Waals surface area contributed by atoms with E-state index in [1.54, 1.807) is 12.1 Å². The fraction of sp³-hybridized carbons (Fsp3) is 0.250. The quantitative estimate of drug-likeness (QED) is 0.508. The van der Waals surface area contributed by atoms with Crippen LogP contribution in [0.25, 0.3) is 10.7 Å². The van der Waals surface area contributed by atoms with Gasteiger partial charge in [-0.05, 0) is 25.0 Å². The third-order valence-electron chi connectivity index (χ3n) is 3.96. The lowest BCUT2D eigenvalue weighted by Crippen LogP contribution is -2.08. The van der Waals surface area contributed by atoms with E-state index in [4.69, 9.17) is 16.7 Å². The topological polar surface area (TPSA) is 124 Å². The second-order valence-electron chi connectivity index (χ2n) is 5.94. The van der Waals surface area contributed by atoms with Gasteiger partial charge in [0.05, 0.1) is 11.1 Å². The number of carboxylic acid groups (broad SMARTS) is 1. The van der Waals surface area contributed by atoms with E-state index in [2.05, 4.69) is 25.5 Å². The van der Waals surface area contributed by atoms with Crippen molar-refractivity contribution < 1.29 is 15.0 Å². The van der Waals surface area contributed by atoms with Gasteiger partial charge < -0.3 is 15.5 Å². The molecule has 0 spiro atoms. The molecule has 4 N–H and O–H groups in total. The number of nitrogens with zero attached hydrogens (tertiary/aromatic N) is 3. The Morgan fingerprint density at radius 3 is 2.96 bits per heavy atom. The van der Waals surface area contributed by atoms with Crippen LogP contribution in [0.2, 0.25) is 5.02 Å². The SMILES string of the molecule is O=C(O)C(O)c1ccc(-c2ncc(Cl)c(Nc3cc(C4CC4)[nH]n3)n2)s1. The summed E-state index contributed by atoms with van der Waals surface area (Å²) in [4.78, 5) is 20.4. The molecule has 1 unspecified atom stereocenters. The van der Waals surface area contributed by atoms with Gasteiger partial charge in [0.1, 0.15) is 5.02 Å². The normalized spacial score (nSPS) is 15.0. The summed E-state index contributed by atoms with van der Waals surface area (Å²) in [5, 5.41) is 29.1. The van der Waals surface area contributed by atoms with Crippen LogP contribution in [0.1, 0.15) is 35.4 Å². The Hall–Kier alpha value is -2.49. The van der Waals surface area contributed by atoms with Crippen LogP contribution in [0.15, 0.2) is 24.4 Å². The molecule has 3 heterocycles. The lowest BCUT2D eigenvalue weighted by molar-refractivity contribution is -0.146. The molecular formula is C16H14ClN5O3S. The lowest BCUT2D eigenvalue weighted by Gasteiger charge is -2.06. The first-order chi connectivity index (χ1) is 12.5. The highest BCUT2D eigenvalue weighted by atomic mass is 35.5. The Kier molecular flexibility index (Phi) is 4.35. The van der Waals surface area contributed by atoms with Crippen LogP contribution in [0.3, 0.4) is 0 Å². The predicted octanol–water partition coefficient (Wildman–Crippen LogP) is 3.32. The fourth-order valence-electron chi connectivity index (χ4n) is 2.44. The Bertz CT molecular complexity index is 968. The Balaban J connectivity index is 1.58. The number of hydrogen-bond acceptors (Lipinski definition) is 7. The molecule has 10 heteroatoms. The fourth-order valence-corrected chi connectivity index (χ4v) is 3.51. The van der Waals surface area contributed by atoms with Crippen molar-refractivity contribution in [3.05, 3.63) is 40.0 Å². The van der Waals surface area contributed by atoms with E-state index in [9.17, 15) is 9.90 Å². The van der Waals surface area contributed by atoms with Crippen molar-refractivity contribution in [2.75, 3.05) is 5.32 Å². The monoisotopic (exact) mass is 391 g/mol. The number of hydrogen-bond donors (Lipinski definition) is 4. The van der Waals surface area contributed by atoms with Gasteiger partial charge in [0.25, 0.3) is 0 Å². The first-order valence-corrected chi connectivity index (χ1v) is 9.06. The van der Waals surface area contributed by atoms with Gasteiger partial charge in [-0.2, -0.15) is 5.10 Å². The third-order valence-corrected chi connectivity index (χ3v) is 5.37. The number of anilines is 2. The number of carboxylic acids is 1. The summed E-state index contributed by atoms with van der Waals surface area (Å²) in [5.41, 5.74) is 1.09. The standard InChI is InChI=1S/C16H14ClN5O3S/c17-8-6-18-15(11-4-3-10(26-11)13(23)16(24)25)20-14(8)19-12-5-9(21-22-12)7-1-2-7/h3-7,13,23H,1-2H2,(H,24,25)(H2,18,19,20,21,22). The van der Waals surface area contributed by atoms with Gasteiger partial charge >= 0.3 is 5.97 Å². The average Bonchev–Trinajstić information content (AvgIpc) is 3.17. The number of H-pyrrole nitrogens is 1. The third kappa shape index (κ3) is 3.41. The smallest absolute Gasteiger partial charge is 0.338 e. The summed E-state index contributed by atoms with van der Waals surface area (Å²) in [6.45, 7) is 0. The molecule has 0 saturated heterocycles. The van der Waals surface area contributed by atoms with Crippen LogP contribution in [0, 0.1) is 0 Å². The van der Waals surface area contributed by atoms with Crippen molar-refractivity contribution in [3.63, 3.8) is 0 Å². The van der Waals surface area contributed by atoms with E-state index in [0.717, 1.165) is 17.0 Å². The van der Waals surface area contributed by atoms with Crippen LogP contribution in [-0.2, 0) is 4.79 Å². The van der Waals surface area contributed by atoms with Crippen molar-refractivity contribution in [3.8, 4) is 10.7 Å². The van der Waals surface area contributed by atoms with E-state index < -0.39 is 12.1 Å². The van der Waals surface area contributed by atoms with Gasteiger partial charge in [-0.3, -0.25) is 5.10 Å². The maximum Gasteiger partial charge on any atom is 0.338 e. The molecule has 0 radical (unpaired) electrons. The molecule has 1 atom stereocenters. The largest absolute Gasteiger partial charge is 0.479 e. The molecule has 4 rings (SSSR count). The molecule has 1 aliphatic rings. The second-order valence-corrected chi connectivity index (χ2v) is 7.46. The van der Waals surface area contributed by atoms with E-state index in [1.165, 1.54) is 19.0 Å². The number of aromatic amines is 1. The number of aliphatic hydroxyl groups excluding tert-OH is 1. The number of halogens is 1. The van der Waals surface area contributed by atoms with Crippen LogP contribution in [0.5, 0.6) is 0 Å². The number of thiophene rings is 1. The number of nitrogens with one attached hydrogen (secondary N) is 2. The summed E-state index contributed by atoms with van der Waals surface area (Å²) in [7, 11) is 0. The van der Waals surface area contributed by atoms with Gasteiger partial charge in [-0.1, -0.05) is 11.6 Å². The Labute approximate surface area is 156 Å². The van der Waals surface area contributed by atoms with E-state index in [1.807, 2.05) is 6.07 Å². The van der Waals surface area contributed by atoms with E-state index >= 15 is 0 Å². The van der Waals surface area contributed by atoms with Crippen molar-refractivity contribution in [2.45, 2.75) is 24.9 Å². The molecule has 1 aliphatic carbocycles. The van der Waals surface area contributed by atoms with Crippen LogP contribution in [0.4, 0.5) is 11.6 Å². The first kappa shape index (κ1) is 17.0. The lowest BCUT2D eigenvalue weighted by atomic mass is 10.3. The van der Waals surface area contributed by atoms with Crippen molar-refractivity contribution in [1.82, 2.24) is 20.2 Å². The molecule has 134 valence electrons. The minimum absolute atomic E-state index is 0.307. The highest BCUT2D eigenvalue weighted by molar-refractivity contribution is 7.15. The second kappa shape index (κ2) is 6.67. The van der Waals surface area contributed by atoms with Crippen molar-refractivity contribution >= 4 is 40.5 Å². The minimum Gasteiger partial charge on any atom is -0.479 e. The zero-order valence-electron chi connectivity index (χ0n) is 13.3. The molecule has 1 saturated carbocycles. The van der Waals surface area contributed by atoms with Gasteiger partial charge in [0, 0.05) is 22.6 Å². The predicted molar refractivity (Wildman–Crippen MR) is 96.8 cm³/mol. The molecule has 3 aromatic rings. The molecule has 0 aromatic carbocycles. The molecule has 0 bridgehead atoms. The number of aliphatic hydroxyl groups is 1. The van der Waals surface area contributed by atoms with Crippen molar-refractivity contribution in [1.29, 1.82) is 0 Å². The highest BCUT2D eigenvalue weighted by Gasteiger charge is 2.25. The van der Waals surface area contributed by atoms with Gasteiger partial charge in [0.15, 0.2) is 23.6 Å². The van der Waals surface area contributed by atoms with Crippen LogP contribution in [-0.4, -0.2) is 36.3 Å². The molecule has 8 nitrogen and oxygen atoms in total. The zero-order chi connectivity index (χ0) is 18.3. The number of aromatic nitrogens is 4.